The molecule has 0 aromatic heterocycles. The van der Waals surface area contributed by atoms with Crippen LogP contribution >= 0.6 is 0 Å². The molecule has 2 nitrogen and oxygen atoms in total. The van der Waals surface area contributed by atoms with Crippen LogP contribution < -0.4 is 0 Å². The van der Waals surface area contributed by atoms with E-state index in [4.69, 9.17) is 4.74 Å². The lowest BCUT2D eigenvalue weighted by Crippen LogP contribution is -1.96. The predicted octanol–water partition coefficient (Wildman–Crippen LogP) is 5.60. The molecule has 0 saturated carbocycles. The molecular weight excluding hydrogens is 308 g/mol. The standard InChI is InChI=1S/C23H24O2/c24-23-15-13-22(14-16-23)21-11-9-19(10-12-21)6-4-5-17-25-18-20-7-2-1-3-8-20/h1-3,7-16,24H,4-6,17-18H2. The van der Waals surface area contributed by atoms with E-state index in [0.717, 1.165) is 31.4 Å². The first-order valence-corrected chi connectivity index (χ1v) is 8.81. The van der Waals surface area contributed by atoms with E-state index < -0.39 is 0 Å². The van der Waals surface area contributed by atoms with Crippen molar-refractivity contribution in [3.63, 3.8) is 0 Å². The highest BCUT2D eigenvalue weighted by Crippen LogP contribution is 2.22. The number of benzene rings is 3. The molecule has 0 saturated heterocycles. The maximum Gasteiger partial charge on any atom is 0.115 e. The Morgan fingerprint density at radius 2 is 1.28 bits per heavy atom. The van der Waals surface area contributed by atoms with Gasteiger partial charge in [0.05, 0.1) is 6.61 Å². The Morgan fingerprint density at radius 3 is 1.96 bits per heavy atom. The molecular formula is C23H24O2. The van der Waals surface area contributed by atoms with Crippen LogP contribution in [0.1, 0.15) is 24.0 Å². The summed E-state index contributed by atoms with van der Waals surface area (Å²) >= 11 is 0. The van der Waals surface area contributed by atoms with Crippen molar-refractivity contribution < 1.29 is 9.84 Å². The smallest absolute Gasteiger partial charge is 0.115 e. The van der Waals surface area contributed by atoms with Gasteiger partial charge in [-0.1, -0.05) is 66.7 Å². The summed E-state index contributed by atoms with van der Waals surface area (Å²) < 4.78 is 5.72. The van der Waals surface area contributed by atoms with Gasteiger partial charge in [-0.05, 0) is 53.6 Å². The minimum Gasteiger partial charge on any atom is -0.508 e. The van der Waals surface area contributed by atoms with E-state index in [9.17, 15) is 5.11 Å². The molecule has 0 amide bonds. The fraction of sp³-hybridized carbons (Fsp3) is 0.217. The Morgan fingerprint density at radius 1 is 0.640 bits per heavy atom. The number of aromatic hydroxyl groups is 1. The van der Waals surface area contributed by atoms with Crippen molar-refractivity contribution in [3.8, 4) is 16.9 Å². The molecule has 0 aliphatic carbocycles. The molecule has 0 atom stereocenters. The van der Waals surface area contributed by atoms with Gasteiger partial charge in [0, 0.05) is 6.61 Å². The summed E-state index contributed by atoms with van der Waals surface area (Å²) in [7, 11) is 0. The number of unbranched alkanes of at least 4 members (excludes halogenated alkanes) is 1. The van der Waals surface area contributed by atoms with Crippen LogP contribution in [0.5, 0.6) is 5.75 Å². The molecule has 3 aromatic rings. The van der Waals surface area contributed by atoms with Gasteiger partial charge in [-0.3, -0.25) is 0 Å². The van der Waals surface area contributed by atoms with E-state index in [0.29, 0.717) is 12.4 Å². The monoisotopic (exact) mass is 332 g/mol. The number of ether oxygens (including phenoxy) is 1. The molecule has 0 unspecified atom stereocenters. The van der Waals surface area contributed by atoms with Crippen LogP contribution in [0.4, 0.5) is 0 Å². The zero-order chi connectivity index (χ0) is 17.3. The van der Waals surface area contributed by atoms with Crippen molar-refractivity contribution in [2.75, 3.05) is 6.61 Å². The molecule has 0 heterocycles. The largest absolute Gasteiger partial charge is 0.508 e. The topological polar surface area (TPSA) is 29.5 Å². The van der Waals surface area contributed by atoms with Crippen molar-refractivity contribution in [1.29, 1.82) is 0 Å². The average Bonchev–Trinajstić information content (AvgIpc) is 2.67. The van der Waals surface area contributed by atoms with Crippen LogP contribution in [0.3, 0.4) is 0 Å². The minimum absolute atomic E-state index is 0.301. The van der Waals surface area contributed by atoms with E-state index in [2.05, 4.69) is 36.4 Å². The van der Waals surface area contributed by atoms with Gasteiger partial charge in [0.1, 0.15) is 5.75 Å². The fourth-order valence-corrected chi connectivity index (χ4v) is 2.82. The van der Waals surface area contributed by atoms with Gasteiger partial charge < -0.3 is 9.84 Å². The SMILES string of the molecule is Oc1ccc(-c2ccc(CCCCOCc3ccccc3)cc2)cc1. The van der Waals surface area contributed by atoms with E-state index >= 15 is 0 Å². The molecule has 0 aliphatic rings. The summed E-state index contributed by atoms with van der Waals surface area (Å²) in [6.45, 7) is 1.50. The van der Waals surface area contributed by atoms with Gasteiger partial charge in [0.2, 0.25) is 0 Å². The number of rotatable bonds is 8. The summed E-state index contributed by atoms with van der Waals surface area (Å²) in [5.74, 6) is 0.301. The van der Waals surface area contributed by atoms with Gasteiger partial charge in [-0.2, -0.15) is 0 Å². The van der Waals surface area contributed by atoms with E-state index in [-0.39, 0.29) is 0 Å². The number of hydrogen-bond acceptors (Lipinski definition) is 2. The van der Waals surface area contributed by atoms with Crippen LogP contribution in [0.25, 0.3) is 11.1 Å². The second-order valence-electron chi connectivity index (χ2n) is 6.24. The molecule has 0 spiro atoms. The number of hydrogen-bond donors (Lipinski definition) is 1. The molecule has 0 fully saturated rings. The number of phenolic OH excluding ortho intramolecular Hbond substituents is 1. The van der Waals surface area contributed by atoms with Crippen LogP contribution in [-0.2, 0) is 17.8 Å². The lowest BCUT2D eigenvalue weighted by atomic mass is 10.0. The van der Waals surface area contributed by atoms with Crippen LogP contribution in [-0.4, -0.2) is 11.7 Å². The first-order chi connectivity index (χ1) is 12.3. The lowest BCUT2D eigenvalue weighted by molar-refractivity contribution is 0.117. The molecule has 0 radical (unpaired) electrons. The quantitative estimate of drug-likeness (QED) is 0.544. The van der Waals surface area contributed by atoms with Crippen molar-refractivity contribution >= 4 is 0 Å². The Labute approximate surface area is 149 Å². The highest BCUT2D eigenvalue weighted by Gasteiger charge is 1.99. The van der Waals surface area contributed by atoms with E-state index in [1.165, 1.54) is 16.7 Å². The summed E-state index contributed by atoms with van der Waals surface area (Å²) in [6.07, 6.45) is 3.28. The summed E-state index contributed by atoms with van der Waals surface area (Å²) in [5.41, 5.74) is 4.88. The molecule has 1 N–H and O–H groups in total. The van der Waals surface area contributed by atoms with Crippen molar-refractivity contribution in [1.82, 2.24) is 0 Å². The zero-order valence-corrected chi connectivity index (χ0v) is 14.4. The molecule has 128 valence electrons. The van der Waals surface area contributed by atoms with Gasteiger partial charge >= 0.3 is 0 Å². The van der Waals surface area contributed by atoms with E-state index in [1.807, 2.05) is 30.3 Å². The van der Waals surface area contributed by atoms with E-state index in [1.54, 1.807) is 12.1 Å². The normalized spacial score (nSPS) is 10.7. The van der Waals surface area contributed by atoms with Crippen LogP contribution in [0.15, 0.2) is 78.9 Å². The lowest BCUT2D eigenvalue weighted by Gasteiger charge is -2.06. The molecule has 3 aromatic carbocycles. The maximum absolute atomic E-state index is 9.36. The average molecular weight is 332 g/mol. The van der Waals surface area contributed by atoms with Crippen molar-refractivity contribution in [2.45, 2.75) is 25.9 Å². The highest BCUT2D eigenvalue weighted by atomic mass is 16.5. The molecule has 0 bridgehead atoms. The van der Waals surface area contributed by atoms with Gasteiger partial charge in [0.15, 0.2) is 0 Å². The minimum atomic E-state index is 0.301. The van der Waals surface area contributed by atoms with Crippen molar-refractivity contribution in [3.05, 3.63) is 90.0 Å². The first kappa shape index (κ1) is 17.2. The summed E-state index contributed by atoms with van der Waals surface area (Å²) in [6, 6.07) is 26.3. The molecule has 25 heavy (non-hydrogen) atoms. The molecule has 2 heteroatoms. The summed E-state index contributed by atoms with van der Waals surface area (Å²) in [5, 5.41) is 9.36. The fourth-order valence-electron chi connectivity index (χ4n) is 2.82. The summed E-state index contributed by atoms with van der Waals surface area (Å²) in [4.78, 5) is 0. The molecule has 3 rings (SSSR count). The Hall–Kier alpha value is -2.58. The second kappa shape index (κ2) is 9.05. The predicted molar refractivity (Wildman–Crippen MR) is 103 cm³/mol. The number of aryl methyl sites for hydroxylation is 1. The third kappa shape index (κ3) is 5.47. The second-order valence-corrected chi connectivity index (χ2v) is 6.24. The first-order valence-electron chi connectivity index (χ1n) is 8.81. The Bertz CT molecular complexity index is 746. The number of phenols is 1. The zero-order valence-electron chi connectivity index (χ0n) is 14.4. The van der Waals surface area contributed by atoms with Gasteiger partial charge in [-0.25, -0.2) is 0 Å². The maximum atomic E-state index is 9.36. The third-order valence-electron chi connectivity index (χ3n) is 4.27. The van der Waals surface area contributed by atoms with Crippen LogP contribution in [0.2, 0.25) is 0 Å². The third-order valence-corrected chi connectivity index (χ3v) is 4.27. The van der Waals surface area contributed by atoms with Gasteiger partial charge in [0.25, 0.3) is 0 Å². The Kier molecular flexibility index (Phi) is 6.24. The Balaban J connectivity index is 1.38. The molecule has 0 aliphatic heterocycles. The van der Waals surface area contributed by atoms with Crippen molar-refractivity contribution in [2.24, 2.45) is 0 Å². The van der Waals surface area contributed by atoms with Crippen LogP contribution in [0, 0.1) is 0 Å². The highest BCUT2D eigenvalue weighted by molar-refractivity contribution is 5.64. The van der Waals surface area contributed by atoms with Gasteiger partial charge in [-0.15, -0.1) is 0 Å².